The Bertz CT molecular complexity index is 569. The Labute approximate surface area is 128 Å². The number of furan rings is 1. The Morgan fingerprint density at radius 1 is 1.33 bits per heavy atom. The fraction of sp³-hybridized carbons (Fsp3) is 0.312. The number of amides is 1. The number of hydrogen-bond acceptors (Lipinski definition) is 4. The molecule has 0 spiro atoms. The maximum atomic E-state index is 12.3. The van der Waals surface area contributed by atoms with Gasteiger partial charge in [-0.1, -0.05) is 19.1 Å². The molecule has 0 saturated heterocycles. The third-order valence-electron chi connectivity index (χ3n) is 3.02. The van der Waals surface area contributed by atoms with E-state index in [1.165, 1.54) is 0 Å². The molecule has 1 amide bonds. The fourth-order valence-electron chi connectivity index (χ4n) is 1.99. The Balaban J connectivity index is 2.01. The van der Waals surface area contributed by atoms with Gasteiger partial charge in [0.25, 0.3) is 5.91 Å². The van der Waals surface area contributed by atoms with Gasteiger partial charge in [-0.15, -0.1) is 11.8 Å². The van der Waals surface area contributed by atoms with E-state index in [2.05, 4.69) is 12.2 Å². The summed E-state index contributed by atoms with van der Waals surface area (Å²) in [5.41, 5.74) is 0.693. The van der Waals surface area contributed by atoms with E-state index in [4.69, 9.17) is 9.15 Å². The Kier molecular flexibility index (Phi) is 5.90. The van der Waals surface area contributed by atoms with E-state index in [9.17, 15) is 4.79 Å². The highest BCUT2D eigenvalue weighted by atomic mass is 32.2. The lowest BCUT2D eigenvalue weighted by Gasteiger charge is -2.14. The van der Waals surface area contributed by atoms with E-state index in [0.29, 0.717) is 17.9 Å². The number of carbonyl (C=O) groups is 1. The average Bonchev–Trinajstić information content (AvgIpc) is 3.03. The third-order valence-corrected chi connectivity index (χ3v) is 3.98. The molecule has 0 bridgehead atoms. The molecule has 1 heterocycles. The van der Waals surface area contributed by atoms with Crippen LogP contribution in [0.2, 0.25) is 0 Å². The molecule has 4 nitrogen and oxygen atoms in total. The van der Waals surface area contributed by atoms with Gasteiger partial charge in [0.05, 0.1) is 18.4 Å². The summed E-state index contributed by atoms with van der Waals surface area (Å²) in [6, 6.07) is 11.2. The summed E-state index contributed by atoms with van der Waals surface area (Å²) in [7, 11) is 1.60. The summed E-state index contributed by atoms with van der Waals surface area (Å²) in [4.78, 5) is 13.3. The predicted molar refractivity (Wildman–Crippen MR) is 83.6 cm³/mol. The Morgan fingerprint density at radius 3 is 2.81 bits per heavy atom. The summed E-state index contributed by atoms with van der Waals surface area (Å²) in [5, 5.41) is 2.90. The molecule has 0 unspecified atom stereocenters. The van der Waals surface area contributed by atoms with Gasteiger partial charge in [-0.05, 0) is 30.0 Å². The van der Waals surface area contributed by atoms with E-state index in [0.717, 1.165) is 10.6 Å². The van der Waals surface area contributed by atoms with E-state index >= 15 is 0 Å². The number of nitrogens with one attached hydrogen (secondary N) is 1. The molecule has 0 aliphatic carbocycles. The second-order valence-electron chi connectivity index (χ2n) is 4.38. The quantitative estimate of drug-likeness (QED) is 0.795. The standard InChI is InChI=1S/C16H19NO3S/c1-3-21-15-9-5-4-7-12(15)16(18)17-11-14(19-2)13-8-6-10-20-13/h4-10,14H,3,11H2,1-2H3,(H,17,18)/t14-/m0/s1. The second-order valence-corrected chi connectivity index (χ2v) is 5.68. The van der Waals surface area contributed by atoms with Crippen LogP contribution in [0.15, 0.2) is 52.0 Å². The monoisotopic (exact) mass is 305 g/mol. The van der Waals surface area contributed by atoms with E-state index in [1.54, 1.807) is 31.2 Å². The van der Waals surface area contributed by atoms with Gasteiger partial charge in [0.15, 0.2) is 0 Å². The largest absolute Gasteiger partial charge is 0.467 e. The molecule has 112 valence electrons. The molecule has 1 aromatic carbocycles. The maximum Gasteiger partial charge on any atom is 0.252 e. The van der Waals surface area contributed by atoms with Crippen LogP contribution < -0.4 is 5.32 Å². The Hall–Kier alpha value is -1.72. The van der Waals surface area contributed by atoms with Gasteiger partial charge < -0.3 is 14.5 Å². The predicted octanol–water partition coefficient (Wildman–Crippen LogP) is 3.51. The van der Waals surface area contributed by atoms with E-state index in [1.807, 2.05) is 30.3 Å². The van der Waals surface area contributed by atoms with E-state index < -0.39 is 0 Å². The van der Waals surface area contributed by atoms with Crippen molar-refractivity contribution in [1.29, 1.82) is 0 Å². The number of carbonyl (C=O) groups excluding carboxylic acids is 1. The lowest BCUT2D eigenvalue weighted by molar-refractivity contribution is 0.0737. The molecule has 5 heteroatoms. The molecule has 0 aliphatic rings. The Morgan fingerprint density at radius 2 is 2.14 bits per heavy atom. The van der Waals surface area contributed by atoms with Crippen LogP contribution in [0.3, 0.4) is 0 Å². The molecule has 0 fully saturated rings. The van der Waals surface area contributed by atoms with Crippen molar-refractivity contribution in [1.82, 2.24) is 5.32 Å². The fourth-order valence-corrected chi connectivity index (χ4v) is 2.79. The van der Waals surface area contributed by atoms with Crippen molar-refractivity contribution in [2.45, 2.75) is 17.9 Å². The molecule has 0 radical (unpaired) electrons. The average molecular weight is 305 g/mol. The van der Waals surface area contributed by atoms with Crippen LogP contribution in [-0.2, 0) is 4.74 Å². The molecule has 1 aromatic heterocycles. The molecule has 0 aliphatic heterocycles. The summed E-state index contributed by atoms with van der Waals surface area (Å²) in [6.45, 7) is 2.44. The minimum atomic E-state index is -0.282. The summed E-state index contributed by atoms with van der Waals surface area (Å²) >= 11 is 1.66. The van der Waals surface area contributed by atoms with Gasteiger partial charge in [0.2, 0.25) is 0 Å². The first-order valence-electron chi connectivity index (χ1n) is 6.82. The summed E-state index contributed by atoms with van der Waals surface area (Å²) < 4.78 is 10.7. The number of methoxy groups -OCH3 is 1. The number of rotatable bonds is 7. The van der Waals surface area contributed by atoms with Crippen LogP contribution in [-0.4, -0.2) is 25.3 Å². The van der Waals surface area contributed by atoms with Crippen LogP contribution in [0.25, 0.3) is 0 Å². The highest BCUT2D eigenvalue weighted by Gasteiger charge is 2.16. The minimum absolute atomic E-state index is 0.0971. The van der Waals surface area contributed by atoms with Gasteiger partial charge >= 0.3 is 0 Å². The third kappa shape index (κ3) is 4.12. The number of benzene rings is 1. The number of ether oxygens (including phenoxy) is 1. The summed E-state index contributed by atoms with van der Waals surface area (Å²) in [6.07, 6.45) is 1.31. The van der Waals surface area contributed by atoms with Crippen molar-refractivity contribution >= 4 is 17.7 Å². The second kappa shape index (κ2) is 7.90. The summed E-state index contributed by atoms with van der Waals surface area (Å²) in [5.74, 6) is 1.53. The molecule has 2 rings (SSSR count). The molecule has 1 N–H and O–H groups in total. The van der Waals surface area contributed by atoms with Crippen molar-refractivity contribution < 1.29 is 13.9 Å². The zero-order valence-electron chi connectivity index (χ0n) is 12.2. The van der Waals surface area contributed by atoms with Crippen molar-refractivity contribution in [3.63, 3.8) is 0 Å². The SMILES string of the molecule is CCSc1ccccc1C(=O)NC[C@H](OC)c1ccco1. The van der Waals surface area contributed by atoms with E-state index in [-0.39, 0.29) is 12.0 Å². The molecular formula is C16H19NO3S. The lowest BCUT2D eigenvalue weighted by Crippen LogP contribution is -2.29. The number of thioether (sulfide) groups is 1. The van der Waals surface area contributed by atoms with Crippen LogP contribution in [0.1, 0.15) is 29.1 Å². The topological polar surface area (TPSA) is 51.5 Å². The van der Waals surface area contributed by atoms with Crippen LogP contribution >= 0.6 is 11.8 Å². The van der Waals surface area contributed by atoms with Gasteiger partial charge in [-0.3, -0.25) is 4.79 Å². The molecule has 21 heavy (non-hydrogen) atoms. The van der Waals surface area contributed by atoms with Crippen molar-refractivity contribution in [2.24, 2.45) is 0 Å². The van der Waals surface area contributed by atoms with Crippen LogP contribution in [0, 0.1) is 0 Å². The highest BCUT2D eigenvalue weighted by Crippen LogP contribution is 2.22. The zero-order chi connectivity index (χ0) is 15.1. The van der Waals surface area contributed by atoms with Crippen molar-refractivity contribution in [2.75, 3.05) is 19.4 Å². The van der Waals surface area contributed by atoms with Crippen molar-refractivity contribution in [3.05, 3.63) is 54.0 Å². The van der Waals surface area contributed by atoms with Gasteiger partial charge in [-0.2, -0.15) is 0 Å². The first-order chi connectivity index (χ1) is 10.3. The molecular weight excluding hydrogens is 286 g/mol. The molecule has 0 saturated carbocycles. The molecule has 1 atom stereocenters. The van der Waals surface area contributed by atoms with Crippen LogP contribution in [0.4, 0.5) is 0 Å². The first-order valence-corrected chi connectivity index (χ1v) is 7.81. The molecule has 2 aromatic rings. The normalized spacial score (nSPS) is 12.1. The highest BCUT2D eigenvalue weighted by molar-refractivity contribution is 7.99. The first kappa shape index (κ1) is 15.7. The zero-order valence-corrected chi connectivity index (χ0v) is 13.0. The number of hydrogen-bond donors (Lipinski definition) is 1. The van der Waals surface area contributed by atoms with Crippen molar-refractivity contribution in [3.8, 4) is 0 Å². The lowest BCUT2D eigenvalue weighted by atomic mass is 10.2. The maximum absolute atomic E-state index is 12.3. The minimum Gasteiger partial charge on any atom is -0.467 e. The van der Waals surface area contributed by atoms with Gasteiger partial charge in [-0.25, -0.2) is 0 Å². The van der Waals surface area contributed by atoms with Gasteiger partial charge in [0, 0.05) is 12.0 Å². The van der Waals surface area contributed by atoms with Crippen LogP contribution in [0.5, 0.6) is 0 Å². The van der Waals surface area contributed by atoms with Gasteiger partial charge in [0.1, 0.15) is 11.9 Å². The smallest absolute Gasteiger partial charge is 0.252 e.